The lowest BCUT2D eigenvalue weighted by Crippen LogP contribution is -2.31. The van der Waals surface area contributed by atoms with Gasteiger partial charge in [-0.25, -0.2) is 4.79 Å². The van der Waals surface area contributed by atoms with Crippen LogP contribution < -0.4 is 10.1 Å². The van der Waals surface area contributed by atoms with Gasteiger partial charge in [0.05, 0.1) is 15.6 Å². The van der Waals surface area contributed by atoms with Crippen LogP contribution in [0.2, 0.25) is 10.0 Å². The summed E-state index contributed by atoms with van der Waals surface area (Å²) in [5.74, 6) is -0.954. The summed E-state index contributed by atoms with van der Waals surface area (Å²) in [6, 6.07) is 8.51. The van der Waals surface area contributed by atoms with Crippen LogP contribution in [0.4, 0.5) is 11.4 Å². The van der Waals surface area contributed by atoms with Crippen molar-refractivity contribution in [3.05, 3.63) is 62.1 Å². The summed E-state index contributed by atoms with van der Waals surface area (Å²) in [7, 11) is 0. The predicted molar refractivity (Wildman–Crippen MR) is 104 cm³/mol. The van der Waals surface area contributed by atoms with Crippen LogP contribution in [0.3, 0.4) is 0 Å². The molecule has 10 heteroatoms. The average Bonchev–Trinajstić information content (AvgIpc) is 2.64. The molecule has 1 atom stereocenters. The fraction of sp³-hybridized carbons (Fsp3) is 0.222. The molecule has 0 spiro atoms. The van der Waals surface area contributed by atoms with Crippen LogP contribution in [0.1, 0.15) is 12.5 Å². The van der Waals surface area contributed by atoms with Crippen molar-refractivity contribution < 1.29 is 24.0 Å². The van der Waals surface area contributed by atoms with Gasteiger partial charge in [0.25, 0.3) is 11.6 Å². The molecule has 0 saturated heterocycles. The first-order valence-electron chi connectivity index (χ1n) is 8.00. The van der Waals surface area contributed by atoms with Gasteiger partial charge in [0, 0.05) is 17.2 Å². The molecule has 0 saturated carbocycles. The zero-order chi connectivity index (χ0) is 20.8. The summed E-state index contributed by atoms with van der Waals surface area (Å²) in [5, 5.41) is 13.7. The highest BCUT2D eigenvalue weighted by Crippen LogP contribution is 2.27. The van der Waals surface area contributed by atoms with Crippen LogP contribution in [0.5, 0.6) is 5.75 Å². The summed E-state index contributed by atoms with van der Waals surface area (Å²) in [4.78, 5) is 34.1. The molecule has 0 radical (unpaired) electrons. The summed E-state index contributed by atoms with van der Waals surface area (Å²) in [6.07, 6.45) is -1.13. The molecule has 0 aliphatic carbocycles. The van der Waals surface area contributed by atoms with E-state index in [2.05, 4.69) is 5.32 Å². The Balaban J connectivity index is 1.88. The molecule has 0 aliphatic rings. The zero-order valence-corrected chi connectivity index (χ0v) is 16.4. The van der Waals surface area contributed by atoms with Gasteiger partial charge in [-0.05, 0) is 43.7 Å². The van der Waals surface area contributed by atoms with E-state index in [1.54, 1.807) is 25.1 Å². The fourth-order valence-electron chi connectivity index (χ4n) is 2.09. The van der Waals surface area contributed by atoms with Crippen molar-refractivity contribution in [2.24, 2.45) is 0 Å². The molecule has 1 unspecified atom stereocenters. The van der Waals surface area contributed by atoms with E-state index in [4.69, 9.17) is 32.7 Å². The summed E-state index contributed by atoms with van der Waals surface area (Å²) in [5.41, 5.74) is 0.741. The lowest BCUT2D eigenvalue weighted by atomic mass is 10.2. The van der Waals surface area contributed by atoms with Crippen LogP contribution in [0.25, 0.3) is 0 Å². The summed E-state index contributed by atoms with van der Waals surface area (Å²) in [6.45, 7) is 2.78. The second kappa shape index (κ2) is 9.38. The molecular formula is C18H16Cl2N2O6. The van der Waals surface area contributed by atoms with E-state index < -0.39 is 29.5 Å². The number of amides is 1. The van der Waals surface area contributed by atoms with Crippen LogP contribution in [0.15, 0.2) is 36.4 Å². The number of esters is 1. The second-order valence-electron chi connectivity index (χ2n) is 5.74. The first kappa shape index (κ1) is 21.5. The molecule has 2 aromatic rings. The number of hydrogen-bond acceptors (Lipinski definition) is 6. The van der Waals surface area contributed by atoms with Gasteiger partial charge in [-0.2, -0.15) is 0 Å². The molecule has 8 nitrogen and oxygen atoms in total. The third kappa shape index (κ3) is 5.83. The number of hydrogen-bond donors (Lipinski definition) is 1. The van der Waals surface area contributed by atoms with Gasteiger partial charge in [0.1, 0.15) is 5.75 Å². The number of benzene rings is 2. The highest BCUT2D eigenvalue weighted by atomic mass is 35.5. The van der Waals surface area contributed by atoms with E-state index in [0.717, 1.165) is 11.6 Å². The van der Waals surface area contributed by atoms with E-state index in [0.29, 0.717) is 10.8 Å². The third-order valence-electron chi connectivity index (χ3n) is 3.58. The Labute approximate surface area is 170 Å². The van der Waals surface area contributed by atoms with Crippen molar-refractivity contribution in [2.75, 3.05) is 11.9 Å². The maximum Gasteiger partial charge on any atom is 0.344 e. The standard InChI is InChI=1S/C18H16Cl2N2O6/c1-10-7-13(4-5-14(10)19)27-9-17(23)28-11(2)18(24)21-16-6-3-12(22(25)26)8-15(16)20/h3-8,11H,9H2,1-2H3,(H,21,24). The topological polar surface area (TPSA) is 108 Å². The zero-order valence-electron chi connectivity index (χ0n) is 14.9. The van der Waals surface area contributed by atoms with Gasteiger partial charge in [-0.1, -0.05) is 23.2 Å². The molecule has 0 fully saturated rings. The third-order valence-corrected chi connectivity index (χ3v) is 4.32. The first-order chi connectivity index (χ1) is 13.2. The molecule has 148 valence electrons. The minimum atomic E-state index is -1.13. The van der Waals surface area contributed by atoms with Crippen molar-refractivity contribution in [3.8, 4) is 5.75 Å². The van der Waals surface area contributed by atoms with E-state index in [1.807, 2.05) is 0 Å². The largest absolute Gasteiger partial charge is 0.482 e. The number of ether oxygens (including phenoxy) is 2. The van der Waals surface area contributed by atoms with Crippen molar-refractivity contribution in [3.63, 3.8) is 0 Å². The lowest BCUT2D eigenvalue weighted by molar-refractivity contribution is -0.384. The Morgan fingerprint density at radius 3 is 2.50 bits per heavy atom. The molecule has 2 rings (SSSR count). The Kier molecular flexibility index (Phi) is 7.19. The summed E-state index contributed by atoms with van der Waals surface area (Å²) < 4.78 is 10.3. The molecular weight excluding hydrogens is 411 g/mol. The van der Waals surface area contributed by atoms with Crippen molar-refractivity contribution in [1.29, 1.82) is 0 Å². The summed E-state index contributed by atoms with van der Waals surface area (Å²) >= 11 is 11.8. The number of nitro groups is 1. The quantitative estimate of drug-likeness (QED) is 0.404. The number of nitrogens with zero attached hydrogens (tertiary/aromatic N) is 1. The highest BCUT2D eigenvalue weighted by molar-refractivity contribution is 6.34. The van der Waals surface area contributed by atoms with E-state index >= 15 is 0 Å². The van der Waals surface area contributed by atoms with Gasteiger partial charge in [-0.3, -0.25) is 14.9 Å². The van der Waals surface area contributed by atoms with Gasteiger partial charge in [0.15, 0.2) is 12.7 Å². The monoisotopic (exact) mass is 426 g/mol. The number of anilines is 1. The number of nitro benzene ring substituents is 1. The van der Waals surface area contributed by atoms with Crippen LogP contribution in [-0.2, 0) is 14.3 Å². The fourth-order valence-corrected chi connectivity index (χ4v) is 2.43. The number of carbonyl (C=O) groups excluding carboxylic acids is 2. The molecule has 0 heterocycles. The molecule has 2 aromatic carbocycles. The maximum atomic E-state index is 12.1. The number of halogens is 2. The van der Waals surface area contributed by atoms with Gasteiger partial charge >= 0.3 is 5.97 Å². The van der Waals surface area contributed by atoms with E-state index in [1.165, 1.54) is 19.1 Å². The van der Waals surface area contributed by atoms with Crippen molar-refractivity contribution in [1.82, 2.24) is 0 Å². The number of non-ortho nitro benzene ring substituents is 1. The Morgan fingerprint density at radius 1 is 1.18 bits per heavy atom. The molecule has 0 aliphatic heterocycles. The van der Waals surface area contributed by atoms with Gasteiger partial charge in [-0.15, -0.1) is 0 Å². The highest BCUT2D eigenvalue weighted by Gasteiger charge is 2.20. The lowest BCUT2D eigenvalue weighted by Gasteiger charge is -2.14. The number of carbonyl (C=O) groups is 2. The average molecular weight is 427 g/mol. The number of nitrogens with one attached hydrogen (secondary N) is 1. The number of aryl methyl sites for hydroxylation is 1. The number of rotatable bonds is 7. The maximum absolute atomic E-state index is 12.1. The Morgan fingerprint density at radius 2 is 1.89 bits per heavy atom. The van der Waals surface area contributed by atoms with Crippen LogP contribution >= 0.6 is 23.2 Å². The molecule has 0 bridgehead atoms. The van der Waals surface area contributed by atoms with Gasteiger partial charge in [0.2, 0.25) is 0 Å². The minimum absolute atomic E-state index is 0.0116. The van der Waals surface area contributed by atoms with E-state index in [9.17, 15) is 19.7 Å². The SMILES string of the molecule is Cc1cc(OCC(=O)OC(C)C(=O)Nc2ccc([N+](=O)[O-])cc2Cl)ccc1Cl. The molecule has 0 aromatic heterocycles. The predicted octanol–water partition coefficient (Wildman–Crippen LogP) is 4.16. The van der Waals surface area contributed by atoms with Crippen molar-refractivity contribution in [2.45, 2.75) is 20.0 Å². The second-order valence-corrected chi connectivity index (χ2v) is 6.56. The minimum Gasteiger partial charge on any atom is -0.482 e. The normalized spacial score (nSPS) is 11.4. The van der Waals surface area contributed by atoms with Crippen molar-refractivity contribution >= 4 is 46.5 Å². The molecule has 1 N–H and O–H groups in total. The van der Waals surface area contributed by atoms with Crippen LogP contribution in [-0.4, -0.2) is 29.5 Å². The smallest absolute Gasteiger partial charge is 0.344 e. The molecule has 1 amide bonds. The Bertz CT molecular complexity index is 919. The first-order valence-corrected chi connectivity index (χ1v) is 8.76. The Hall–Kier alpha value is -2.84. The van der Waals surface area contributed by atoms with Gasteiger partial charge < -0.3 is 14.8 Å². The van der Waals surface area contributed by atoms with E-state index in [-0.39, 0.29) is 16.4 Å². The van der Waals surface area contributed by atoms with Crippen LogP contribution in [0, 0.1) is 17.0 Å². The molecule has 28 heavy (non-hydrogen) atoms.